The molecule has 1 aliphatic carbocycles. The number of rotatable bonds is 5. The van der Waals surface area contributed by atoms with Crippen molar-refractivity contribution < 1.29 is 18.7 Å². The van der Waals surface area contributed by atoms with Gasteiger partial charge in [-0.3, -0.25) is 9.59 Å². The van der Waals surface area contributed by atoms with E-state index in [-0.39, 0.29) is 18.2 Å². The maximum atomic E-state index is 13.4. The Hall–Kier alpha value is -2.95. The molecule has 0 heterocycles. The molecule has 4 nitrogen and oxygen atoms in total. The lowest BCUT2D eigenvalue weighted by Gasteiger charge is -2.29. The van der Waals surface area contributed by atoms with Crippen LogP contribution in [0.4, 0.5) is 10.1 Å². The van der Waals surface area contributed by atoms with Crippen LogP contribution in [0.25, 0.3) is 5.57 Å². The number of hydrogen-bond donors (Lipinski definition) is 0. The van der Waals surface area contributed by atoms with Crippen LogP contribution in [-0.4, -0.2) is 32.5 Å². The van der Waals surface area contributed by atoms with Gasteiger partial charge in [-0.25, -0.2) is 4.39 Å². The zero-order chi connectivity index (χ0) is 20.3. The van der Waals surface area contributed by atoms with Gasteiger partial charge in [0, 0.05) is 25.7 Å². The van der Waals surface area contributed by atoms with Crippen LogP contribution in [0, 0.1) is 11.7 Å². The highest BCUT2D eigenvalue weighted by atomic mass is 19.1. The number of ether oxygens (including phenoxy) is 1. The number of esters is 1. The molecule has 0 amide bonds. The van der Waals surface area contributed by atoms with Gasteiger partial charge in [0.15, 0.2) is 5.78 Å². The second-order valence-electron chi connectivity index (χ2n) is 7.11. The van der Waals surface area contributed by atoms with Crippen molar-refractivity contribution in [3.8, 4) is 0 Å². The number of allylic oxidation sites excluding steroid dienone is 2. The van der Waals surface area contributed by atoms with Crippen LogP contribution < -0.4 is 4.90 Å². The molecular weight excluding hydrogens is 357 g/mol. The number of anilines is 1. The number of halogens is 1. The van der Waals surface area contributed by atoms with Crippen LogP contribution >= 0.6 is 0 Å². The fourth-order valence-corrected chi connectivity index (χ4v) is 3.59. The van der Waals surface area contributed by atoms with Crippen LogP contribution in [0.2, 0.25) is 0 Å². The van der Waals surface area contributed by atoms with Gasteiger partial charge in [0.05, 0.1) is 6.61 Å². The molecule has 1 aliphatic rings. The Morgan fingerprint density at radius 1 is 1.18 bits per heavy atom. The first kappa shape index (κ1) is 19.8. The van der Waals surface area contributed by atoms with Gasteiger partial charge in [-0.05, 0) is 60.4 Å². The summed E-state index contributed by atoms with van der Waals surface area (Å²) in [6.07, 6.45) is 2.05. The van der Waals surface area contributed by atoms with Crippen molar-refractivity contribution in [3.63, 3.8) is 0 Å². The summed E-state index contributed by atoms with van der Waals surface area (Å²) in [5, 5.41) is 0. The number of carbonyl (C=O) groups excluding carboxylic acids is 2. The van der Waals surface area contributed by atoms with Gasteiger partial charge >= 0.3 is 5.97 Å². The SMILES string of the molecule is CCOC(=O)[C@@H]1C(=O)C=C(c2cccc(N(C)C)c2)C[C@H]1c1ccc(F)cc1. The fraction of sp³-hybridized carbons (Fsp3) is 0.304. The highest BCUT2D eigenvalue weighted by Gasteiger charge is 2.39. The number of carbonyl (C=O) groups is 2. The molecule has 28 heavy (non-hydrogen) atoms. The average molecular weight is 381 g/mol. The minimum Gasteiger partial charge on any atom is -0.465 e. The smallest absolute Gasteiger partial charge is 0.317 e. The number of benzene rings is 2. The Balaban J connectivity index is 2.02. The van der Waals surface area contributed by atoms with Crippen LogP contribution in [0.15, 0.2) is 54.6 Å². The normalized spacial score (nSPS) is 19.1. The molecule has 0 aliphatic heterocycles. The molecule has 2 atom stereocenters. The summed E-state index contributed by atoms with van der Waals surface area (Å²) >= 11 is 0. The third-order valence-electron chi connectivity index (χ3n) is 5.04. The predicted molar refractivity (Wildman–Crippen MR) is 108 cm³/mol. The third kappa shape index (κ3) is 4.14. The second-order valence-corrected chi connectivity index (χ2v) is 7.11. The standard InChI is InChI=1S/C23H24FNO3/c1-4-28-23(27)22-20(15-8-10-18(24)11-9-15)13-17(14-21(22)26)16-6-5-7-19(12-16)25(2)3/h5-12,14,20,22H,4,13H2,1-3H3/t20-,22-/m0/s1. The first-order valence-electron chi connectivity index (χ1n) is 9.35. The van der Waals surface area contributed by atoms with E-state index in [1.165, 1.54) is 12.1 Å². The summed E-state index contributed by atoms with van der Waals surface area (Å²) in [6, 6.07) is 13.9. The Morgan fingerprint density at radius 2 is 1.89 bits per heavy atom. The van der Waals surface area contributed by atoms with E-state index in [1.54, 1.807) is 25.1 Å². The molecule has 0 radical (unpaired) electrons. The summed E-state index contributed by atoms with van der Waals surface area (Å²) in [4.78, 5) is 27.4. The summed E-state index contributed by atoms with van der Waals surface area (Å²) in [5.74, 6) is -2.46. The quantitative estimate of drug-likeness (QED) is 0.575. The van der Waals surface area contributed by atoms with Gasteiger partial charge < -0.3 is 9.64 Å². The van der Waals surface area contributed by atoms with Gasteiger partial charge in [0.2, 0.25) is 0 Å². The van der Waals surface area contributed by atoms with Gasteiger partial charge in [-0.1, -0.05) is 24.3 Å². The summed E-state index contributed by atoms with van der Waals surface area (Å²) in [5.41, 5.74) is 3.58. The largest absolute Gasteiger partial charge is 0.465 e. The molecule has 3 rings (SSSR count). The molecule has 0 spiro atoms. The lowest BCUT2D eigenvalue weighted by molar-refractivity contribution is -0.151. The Morgan fingerprint density at radius 3 is 2.54 bits per heavy atom. The van der Waals surface area contributed by atoms with Crippen LogP contribution in [0.5, 0.6) is 0 Å². The van der Waals surface area contributed by atoms with E-state index in [0.29, 0.717) is 6.42 Å². The highest BCUT2D eigenvalue weighted by Crippen LogP contribution is 2.40. The van der Waals surface area contributed by atoms with Crippen LogP contribution in [0.1, 0.15) is 30.4 Å². The second kappa shape index (κ2) is 8.38. The minimum atomic E-state index is -0.911. The third-order valence-corrected chi connectivity index (χ3v) is 5.04. The van der Waals surface area contributed by atoms with Crippen molar-refractivity contribution >= 4 is 23.0 Å². The van der Waals surface area contributed by atoms with Gasteiger partial charge in [0.1, 0.15) is 11.7 Å². The van der Waals surface area contributed by atoms with E-state index < -0.39 is 17.8 Å². The molecular formula is C23H24FNO3. The van der Waals surface area contributed by atoms with Gasteiger partial charge in [0.25, 0.3) is 0 Å². The zero-order valence-electron chi connectivity index (χ0n) is 16.3. The van der Waals surface area contributed by atoms with E-state index in [4.69, 9.17) is 4.74 Å². The molecule has 5 heteroatoms. The summed E-state index contributed by atoms with van der Waals surface area (Å²) < 4.78 is 18.5. The monoisotopic (exact) mass is 381 g/mol. The molecule has 2 aromatic rings. The number of hydrogen-bond acceptors (Lipinski definition) is 4. The molecule has 0 saturated heterocycles. The van der Waals surface area contributed by atoms with Crippen molar-refractivity contribution in [3.05, 3.63) is 71.6 Å². The predicted octanol–water partition coefficient (Wildman–Crippen LogP) is 4.21. The van der Waals surface area contributed by atoms with Crippen LogP contribution in [0.3, 0.4) is 0 Å². The Bertz CT molecular complexity index is 902. The number of ketones is 1. The van der Waals surface area contributed by atoms with E-state index in [1.807, 2.05) is 43.3 Å². The average Bonchev–Trinajstić information content (AvgIpc) is 2.68. The Kier molecular flexibility index (Phi) is 5.93. The first-order valence-corrected chi connectivity index (χ1v) is 9.35. The lowest BCUT2D eigenvalue weighted by Crippen LogP contribution is -2.34. The van der Waals surface area contributed by atoms with E-state index >= 15 is 0 Å². The van der Waals surface area contributed by atoms with Gasteiger partial charge in [-0.2, -0.15) is 0 Å². The molecule has 0 aromatic heterocycles. The van der Waals surface area contributed by atoms with E-state index in [2.05, 4.69) is 0 Å². The molecule has 0 saturated carbocycles. The molecule has 0 unspecified atom stereocenters. The van der Waals surface area contributed by atoms with Crippen molar-refractivity contribution in [2.45, 2.75) is 19.3 Å². The van der Waals surface area contributed by atoms with Crippen molar-refractivity contribution in [2.75, 3.05) is 25.6 Å². The Labute approximate surface area is 164 Å². The molecule has 146 valence electrons. The molecule has 2 aromatic carbocycles. The maximum absolute atomic E-state index is 13.4. The van der Waals surface area contributed by atoms with Crippen molar-refractivity contribution in [1.29, 1.82) is 0 Å². The zero-order valence-corrected chi connectivity index (χ0v) is 16.3. The lowest BCUT2D eigenvalue weighted by atomic mass is 9.73. The van der Waals surface area contributed by atoms with Gasteiger partial charge in [-0.15, -0.1) is 0 Å². The topological polar surface area (TPSA) is 46.6 Å². The highest BCUT2D eigenvalue weighted by molar-refractivity contribution is 6.10. The van der Waals surface area contributed by atoms with Crippen molar-refractivity contribution in [2.24, 2.45) is 5.92 Å². The fourth-order valence-electron chi connectivity index (χ4n) is 3.59. The number of nitrogens with zero attached hydrogens (tertiary/aromatic N) is 1. The molecule has 0 bridgehead atoms. The summed E-state index contributed by atoms with van der Waals surface area (Å²) in [7, 11) is 3.91. The van der Waals surface area contributed by atoms with Crippen LogP contribution in [-0.2, 0) is 14.3 Å². The molecule has 0 fully saturated rings. The van der Waals surface area contributed by atoms with E-state index in [0.717, 1.165) is 22.4 Å². The molecule has 0 N–H and O–H groups in total. The first-order chi connectivity index (χ1) is 13.4. The van der Waals surface area contributed by atoms with Crippen molar-refractivity contribution in [1.82, 2.24) is 0 Å². The van der Waals surface area contributed by atoms with E-state index in [9.17, 15) is 14.0 Å². The maximum Gasteiger partial charge on any atom is 0.317 e. The minimum absolute atomic E-state index is 0.209. The summed E-state index contributed by atoms with van der Waals surface area (Å²) in [6.45, 7) is 1.92.